The first-order chi connectivity index (χ1) is 29.7. The number of phosphoric ester groups is 1. The Morgan fingerprint density at radius 2 is 0.934 bits per heavy atom. The SMILES string of the molecule is CC/C=C\C/C=C\C/C=C\C/C=C\C/C=C\CCCC(=O)OC(COCCCCCCCCCCCCCCCCCCCCCCCC)COP(=O)(O)OCC(N)C(=O)O. The van der Waals surface area contributed by atoms with Gasteiger partial charge >= 0.3 is 19.8 Å². The molecule has 61 heavy (non-hydrogen) atoms. The van der Waals surface area contributed by atoms with E-state index in [1.807, 2.05) is 6.08 Å². The number of esters is 1. The summed E-state index contributed by atoms with van der Waals surface area (Å²) in [6, 6.07) is -1.48. The second-order valence-corrected chi connectivity index (χ2v) is 17.7. The van der Waals surface area contributed by atoms with E-state index in [0.29, 0.717) is 19.4 Å². The highest BCUT2D eigenvalue weighted by molar-refractivity contribution is 7.47. The minimum Gasteiger partial charge on any atom is -0.480 e. The Hall–Kier alpha value is -2.33. The summed E-state index contributed by atoms with van der Waals surface area (Å²) in [5.74, 6) is -1.84. The van der Waals surface area contributed by atoms with Crippen molar-refractivity contribution < 1.29 is 42.7 Å². The highest BCUT2D eigenvalue weighted by atomic mass is 31.2. The van der Waals surface area contributed by atoms with E-state index >= 15 is 0 Å². The third-order valence-corrected chi connectivity index (χ3v) is 11.3. The molecule has 0 aromatic rings. The Morgan fingerprint density at radius 1 is 0.541 bits per heavy atom. The van der Waals surface area contributed by atoms with E-state index < -0.39 is 45.1 Å². The molecule has 0 heterocycles. The van der Waals surface area contributed by atoms with Crippen molar-refractivity contribution in [3.05, 3.63) is 60.8 Å². The van der Waals surface area contributed by atoms with Crippen LogP contribution in [-0.4, -0.2) is 60.5 Å². The Bertz CT molecular complexity index is 1200. The van der Waals surface area contributed by atoms with Gasteiger partial charge in [0.25, 0.3) is 0 Å². The lowest BCUT2D eigenvalue weighted by atomic mass is 10.0. The molecule has 3 unspecified atom stereocenters. The number of nitrogens with two attached hydrogens (primary N) is 1. The average Bonchev–Trinajstić information content (AvgIpc) is 3.24. The second-order valence-electron chi connectivity index (χ2n) is 16.2. The third-order valence-electron chi connectivity index (χ3n) is 10.3. The lowest BCUT2D eigenvalue weighted by molar-refractivity contribution is -0.154. The van der Waals surface area contributed by atoms with Gasteiger partial charge in [-0.15, -0.1) is 0 Å². The maximum Gasteiger partial charge on any atom is 0.472 e. The van der Waals surface area contributed by atoms with E-state index in [4.69, 9.17) is 29.4 Å². The maximum absolute atomic E-state index is 12.6. The van der Waals surface area contributed by atoms with E-state index in [9.17, 15) is 19.0 Å². The molecule has 0 rings (SSSR count). The fourth-order valence-electron chi connectivity index (χ4n) is 6.58. The van der Waals surface area contributed by atoms with E-state index in [2.05, 4.69) is 68.5 Å². The summed E-state index contributed by atoms with van der Waals surface area (Å²) in [7, 11) is -4.64. The number of aliphatic carboxylic acids is 1. The van der Waals surface area contributed by atoms with E-state index in [0.717, 1.165) is 51.4 Å². The van der Waals surface area contributed by atoms with E-state index in [1.54, 1.807) is 0 Å². The van der Waals surface area contributed by atoms with Crippen LogP contribution in [0.3, 0.4) is 0 Å². The summed E-state index contributed by atoms with van der Waals surface area (Å²) >= 11 is 0. The normalized spacial score (nSPS) is 14.3. The number of phosphoric acid groups is 1. The molecular formula is C50H90NO9P. The van der Waals surface area contributed by atoms with Crippen LogP contribution >= 0.6 is 7.82 Å². The van der Waals surface area contributed by atoms with Crippen LogP contribution in [0.25, 0.3) is 0 Å². The Balaban J connectivity index is 4.21. The molecule has 0 aliphatic rings. The molecule has 0 fully saturated rings. The average molecular weight is 880 g/mol. The van der Waals surface area contributed by atoms with Crippen LogP contribution in [0, 0.1) is 0 Å². The van der Waals surface area contributed by atoms with Crippen molar-refractivity contribution in [3.63, 3.8) is 0 Å². The molecule has 354 valence electrons. The van der Waals surface area contributed by atoms with Gasteiger partial charge in [-0.25, -0.2) is 4.57 Å². The first-order valence-electron chi connectivity index (χ1n) is 24.3. The summed E-state index contributed by atoms with van der Waals surface area (Å²) in [5.41, 5.74) is 5.36. The molecule has 4 N–H and O–H groups in total. The first-order valence-corrected chi connectivity index (χ1v) is 25.8. The summed E-state index contributed by atoms with van der Waals surface area (Å²) in [5, 5.41) is 8.91. The van der Waals surface area contributed by atoms with Gasteiger partial charge < -0.3 is 25.2 Å². The van der Waals surface area contributed by atoms with Crippen LogP contribution < -0.4 is 5.73 Å². The predicted octanol–water partition coefficient (Wildman–Crippen LogP) is 14.0. The topological polar surface area (TPSA) is 155 Å². The monoisotopic (exact) mass is 880 g/mol. The number of hydrogen-bond donors (Lipinski definition) is 3. The lowest BCUT2D eigenvalue weighted by Crippen LogP contribution is -2.34. The van der Waals surface area contributed by atoms with Gasteiger partial charge in [-0.2, -0.15) is 0 Å². The number of carboxylic acids is 1. The second kappa shape index (κ2) is 45.7. The predicted molar refractivity (Wildman–Crippen MR) is 254 cm³/mol. The fraction of sp³-hybridized carbons (Fsp3) is 0.760. The van der Waals surface area contributed by atoms with Crippen LogP contribution in [0.4, 0.5) is 0 Å². The summed E-state index contributed by atoms with van der Waals surface area (Å²) < 4.78 is 33.4. The minimum absolute atomic E-state index is 0.00555. The third kappa shape index (κ3) is 45.5. The Labute approximate surface area is 372 Å². The molecule has 3 atom stereocenters. The molecule has 0 aromatic heterocycles. The van der Waals surface area contributed by atoms with Gasteiger partial charge in [-0.3, -0.25) is 18.6 Å². The fourth-order valence-corrected chi connectivity index (χ4v) is 7.36. The number of ether oxygens (including phenoxy) is 2. The molecule has 0 bridgehead atoms. The van der Waals surface area contributed by atoms with Crippen LogP contribution in [0.15, 0.2) is 60.8 Å². The van der Waals surface area contributed by atoms with E-state index in [1.165, 1.54) is 122 Å². The molecule has 0 saturated carbocycles. The van der Waals surface area contributed by atoms with Crippen molar-refractivity contribution in [3.8, 4) is 0 Å². The molecule has 0 amide bonds. The molecule has 0 aliphatic carbocycles. The van der Waals surface area contributed by atoms with Crippen LogP contribution in [0.5, 0.6) is 0 Å². The highest BCUT2D eigenvalue weighted by Crippen LogP contribution is 2.43. The standard InChI is InChI=1S/C50H90NO9P/c1-3-5-7-9-11-13-15-17-19-21-22-23-24-25-27-29-31-33-35-37-39-41-43-57-44-47(45-58-61(55,56)59-46-48(51)50(53)54)60-49(52)42-40-38-36-34-32-30-28-26-20-18-16-14-12-10-8-6-4-2/h6,8,12,14,18,20,28,30,34,36,47-48H,3-5,7,9-11,13,15-17,19,21-27,29,31-33,35,37-46,51H2,1-2H3,(H,53,54)(H,55,56)/b8-6-,14-12-,20-18-,30-28-,36-34-. The molecular weight excluding hydrogens is 790 g/mol. The van der Waals surface area contributed by atoms with E-state index in [-0.39, 0.29) is 13.0 Å². The van der Waals surface area contributed by atoms with Crippen LogP contribution in [0.1, 0.15) is 206 Å². The van der Waals surface area contributed by atoms with Crippen LogP contribution in [-0.2, 0) is 32.7 Å². The van der Waals surface area contributed by atoms with Gasteiger partial charge in [0.1, 0.15) is 12.1 Å². The van der Waals surface area contributed by atoms with Crippen molar-refractivity contribution in [1.82, 2.24) is 0 Å². The number of carboxylic acid groups (broad SMARTS) is 1. The number of carbonyl (C=O) groups is 2. The number of allylic oxidation sites excluding steroid dienone is 10. The number of carbonyl (C=O) groups excluding carboxylic acids is 1. The summed E-state index contributed by atoms with van der Waals surface area (Å²) in [6.07, 6.45) is 55.8. The van der Waals surface area contributed by atoms with Crippen molar-refractivity contribution in [1.29, 1.82) is 0 Å². The number of hydrogen-bond acceptors (Lipinski definition) is 8. The zero-order valence-corrected chi connectivity index (χ0v) is 39.6. The largest absolute Gasteiger partial charge is 0.480 e. The van der Waals surface area contributed by atoms with Crippen molar-refractivity contribution in [2.24, 2.45) is 5.73 Å². The smallest absolute Gasteiger partial charge is 0.472 e. The zero-order chi connectivity index (χ0) is 44.8. The molecule has 0 aliphatic heterocycles. The Morgan fingerprint density at radius 3 is 1.36 bits per heavy atom. The quantitative estimate of drug-likeness (QED) is 0.0233. The first kappa shape index (κ1) is 58.7. The zero-order valence-electron chi connectivity index (χ0n) is 38.7. The molecule has 0 saturated heterocycles. The van der Waals surface area contributed by atoms with Gasteiger partial charge in [0.2, 0.25) is 0 Å². The van der Waals surface area contributed by atoms with Gasteiger partial charge in [0, 0.05) is 13.0 Å². The van der Waals surface area contributed by atoms with Crippen molar-refractivity contribution >= 4 is 19.8 Å². The number of rotatable bonds is 46. The van der Waals surface area contributed by atoms with Crippen molar-refractivity contribution in [2.75, 3.05) is 26.4 Å². The van der Waals surface area contributed by atoms with Gasteiger partial charge in [0.05, 0.1) is 19.8 Å². The molecule has 0 radical (unpaired) electrons. The van der Waals surface area contributed by atoms with Gasteiger partial charge in [-0.1, -0.05) is 209 Å². The molecule has 0 spiro atoms. The Kier molecular flexibility index (Phi) is 43.9. The summed E-state index contributed by atoms with van der Waals surface area (Å²) in [6.45, 7) is 3.72. The summed E-state index contributed by atoms with van der Waals surface area (Å²) in [4.78, 5) is 33.6. The molecule has 10 nitrogen and oxygen atoms in total. The molecule has 11 heteroatoms. The minimum atomic E-state index is -4.64. The highest BCUT2D eigenvalue weighted by Gasteiger charge is 2.27. The van der Waals surface area contributed by atoms with Gasteiger partial charge in [0.15, 0.2) is 0 Å². The number of unbranched alkanes of at least 4 members (excludes halogenated alkanes) is 22. The van der Waals surface area contributed by atoms with Crippen molar-refractivity contribution in [2.45, 2.75) is 219 Å². The lowest BCUT2D eigenvalue weighted by Gasteiger charge is -2.20. The van der Waals surface area contributed by atoms with Gasteiger partial charge in [-0.05, 0) is 51.4 Å². The van der Waals surface area contributed by atoms with Crippen LogP contribution in [0.2, 0.25) is 0 Å². The molecule has 0 aromatic carbocycles. The maximum atomic E-state index is 12.6.